The Kier molecular flexibility index (Phi) is 9.22. The third-order valence-corrected chi connectivity index (χ3v) is 5.33. The molecule has 0 amide bonds. The minimum Gasteiger partial charge on any atom is -1.00 e. The van der Waals surface area contributed by atoms with E-state index in [1.165, 1.54) is 7.11 Å². The maximum atomic E-state index is 11.0. The molecule has 3 rings (SSSR count). The van der Waals surface area contributed by atoms with Crippen LogP contribution in [0.5, 0.6) is 11.5 Å². The summed E-state index contributed by atoms with van der Waals surface area (Å²) in [4.78, 5) is 19.8. The van der Waals surface area contributed by atoms with Gasteiger partial charge in [0.25, 0.3) is 0 Å². The number of methoxy groups -OCH3 is 2. The van der Waals surface area contributed by atoms with Crippen molar-refractivity contribution in [2.24, 2.45) is 0 Å². The van der Waals surface area contributed by atoms with Gasteiger partial charge in [0, 0.05) is 19.2 Å². The molecule has 2 aromatic rings. The fraction of sp³-hybridized carbons (Fsp3) is 0.350. The fourth-order valence-electron chi connectivity index (χ4n) is 3.29. The van der Waals surface area contributed by atoms with E-state index in [9.17, 15) is 9.83 Å². The van der Waals surface area contributed by atoms with Gasteiger partial charge in [-0.15, -0.1) is 0 Å². The van der Waals surface area contributed by atoms with Gasteiger partial charge in [0.1, 0.15) is 5.76 Å². The van der Waals surface area contributed by atoms with Crippen LogP contribution in [0.15, 0.2) is 34.7 Å². The maximum absolute atomic E-state index is 11.0. The van der Waals surface area contributed by atoms with E-state index in [4.69, 9.17) is 28.2 Å². The molecule has 0 saturated carbocycles. The first-order valence-electron chi connectivity index (χ1n) is 9.26. The van der Waals surface area contributed by atoms with Crippen molar-refractivity contribution in [3.05, 3.63) is 41.7 Å². The van der Waals surface area contributed by atoms with Gasteiger partial charge in [0.2, 0.25) is 0 Å². The predicted octanol–water partition coefficient (Wildman–Crippen LogP) is 0.556. The second kappa shape index (κ2) is 11.2. The molecule has 0 atom stereocenters. The molecular weight excluding hydrogens is 434 g/mol. The molecular formula is C20H24N2NaO7P. The van der Waals surface area contributed by atoms with E-state index < -0.39 is 13.9 Å². The van der Waals surface area contributed by atoms with Crippen molar-refractivity contribution in [2.45, 2.75) is 18.9 Å². The minimum atomic E-state index is -4.48. The smallest absolute Gasteiger partial charge is 1.00 e. The first-order chi connectivity index (χ1) is 14.3. The van der Waals surface area contributed by atoms with E-state index in [0.29, 0.717) is 60.2 Å². The number of piperidine rings is 1. The standard InChI is InChI=1S/C20H23N2O7P.Na.H/c1-26-18-5-3-14(12-19(18)27-2)15(13-21)11-17-4-6-20(28-17)22-9-7-16(8-10-22)29-30(23,24)25;;/h3-6,11-12,16H,7-10H2,1-2H3,(H2,23,24,25);;/q;+1;-1. The van der Waals surface area contributed by atoms with E-state index >= 15 is 0 Å². The number of allylic oxidation sites excluding steroid dienone is 1. The molecule has 0 bridgehead atoms. The average Bonchev–Trinajstić information content (AvgIpc) is 3.19. The van der Waals surface area contributed by atoms with Crippen LogP contribution in [0.25, 0.3) is 11.6 Å². The molecule has 0 radical (unpaired) electrons. The number of nitriles is 1. The Balaban J connectivity index is 0.00000256. The third-order valence-electron chi connectivity index (χ3n) is 4.75. The number of nitrogens with zero attached hydrogens (tertiary/aromatic N) is 2. The number of phosphoric ester groups is 1. The zero-order valence-electron chi connectivity index (χ0n) is 18.6. The van der Waals surface area contributed by atoms with E-state index in [-0.39, 0.29) is 31.0 Å². The summed E-state index contributed by atoms with van der Waals surface area (Å²) in [5.74, 6) is 2.24. The molecule has 1 fully saturated rings. The van der Waals surface area contributed by atoms with Crippen molar-refractivity contribution in [2.75, 3.05) is 32.2 Å². The van der Waals surface area contributed by atoms with Gasteiger partial charge in [-0.05, 0) is 48.7 Å². The summed E-state index contributed by atoms with van der Waals surface area (Å²) in [7, 11) is -1.40. The topological polar surface area (TPSA) is 125 Å². The third kappa shape index (κ3) is 6.86. The minimum absolute atomic E-state index is 0. The normalized spacial score (nSPS) is 15.2. The van der Waals surface area contributed by atoms with Crippen LogP contribution in [0.3, 0.4) is 0 Å². The van der Waals surface area contributed by atoms with Crippen molar-refractivity contribution in [1.82, 2.24) is 0 Å². The van der Waals surface area contributed by atoms with Crippen LogP contribution in [0.4, 0.5) is 5.88 Å². The van der Waals surface area contributed by atoms with Crippen LogP contribution in [-0.2, 0) is 9.09 Å². The number of hydrogen-bond donors (Lipinski definition) is 2. The molecule has 1 aromatic heterocycles. The predicted molar refractivity (Wildman–Crippen MR) is 111 cm³/mol. The Morgan fingerprint density at radius 1 is 1.23 bits per heavy atom. The summed E-state index contributed by atoms with van der Waals surface area (Å²) < 4.78 is 32.1. The Morgan fingerprint density at radius 3 is 2.48 bits per heavy atom. The molecule has 1 aliphatic heterocycles. The van der Waals surface area contributed by atoms with Crippen molar-refractivity contribution < 1.29 is 63.8 Å². The van der Waals surface area contributed by atoms with Gasteiger partial charge in [0.15, 0.2) is 17.4 Å². The summed E-state index contributed by atoms with van der Waals surface area (Å²) in [6, 6.07) is 11.0. The zero-order chi connectivity index (χ0) is 21.7. The number of phosphoric acid groups is 1. The first-order valence-corrected chi connectivity index (χ1v) is 10.8. The maximum Gasteiger partial charge on any atom is 1.00 e. The Hall–Kier alpha value is -1.76. The van der Waals surface area contributed by atoms with Crippen molar-refractivity contribution in [3.8, 4) is 17.6 Å². The summed E-state index contributed by atoms with van der Waals surface area (Å²) in [6.07, 6.45) is 2.12. The van der Waals surface area contributed by atoms with Gasteiger partial charge in [0.05, 0.1) is 32.0 Å². The summed E-state index contributed by atoms with van der Waals surface area (Å²) >= 11 is 0. The van der Waals surface area contributed by atoms with Crippen LogP contribution in [0.1, 0.15) is 25.6 Å². The van der Waals surface area contributed by atoms with Gasteiger partial charge in [-0.3, -0.25) is 4.52 Å². The number of benzene rings is 1. The molecule has 1 aliphatic rings. The van der Waals surface area contributed by atoms with Crippen LogP contribution in [-0.4, -0.2) is 43.2 Å². The van der Waals surface area contributed by atoms with Crippen LogP contribution < -0.4 is 43.9 Å². The fourth-order valence-corrected chi connectivity index (χ4v) is 3.89. The molecule has 11 heteroatoms. The number of hydrogen-bond acceptors (Lipinski definition) is 7. The number of furan rings is 1. The summed E-state index contributed by atoms with van der Waals surface area (Å²) in [5, 5.41) is 9.59. The zero-order valence-corrected chi connectivity index (χ0v) is 20.5. The van der Waals surface area contributed by atoms with Crippen LogP contribution in [0, 0.1) is 11.3 Å². The molecule has 0 unspecified atom stereocenters. The SMILES string of the molecule is COc1ccc(C(C#N)=Cc2ccc(N3CCC(OP(=O)(O)O)CC3)o2)cc1OC.[H-].[Na+]. The Morgan fingerprint density at radius 2 is 1.90 bits per heavy atom. The van der Waals surface area contributed by atoms with Gasteiger partial charge in [-0.25, -0.2) is 4.57 Å². The number of ether oxygens (including phenoxy) is 2. The molecule has 0 spiro atoms. The van der Waals surface area contributed by atoms with Gasteiger partial charge in [-0.2, -0.15) is 5.26 Å². The van der Waals surface area contributed by atoms with Gasteiger partial charge >= 0.3 is 37.4 Å². The number of anilines is 1. The van der Waals surface area contributed by atoms with Gasteiger partial charge in [-0.1, -0.05) is 0 Å². The summed E-state index contributed by atoms with van der Waals surface area (Å²) in [6.45, 7) is 1.09. The quantitative estimate of drug-likeness (QED) is 0.348. The van der Waals surface area contributed by atoms with Crippen LogP contribution >= 0.6 is 7.82 Å². The van der Waals surface area contributed by atoms with E-state index in [2.05, 4.69) is 6.07 Å². The number of rotatable bonds is 7. The first kappa shape index (κ1) is 25.5. The largest absolute Gasteiger partial charge is 1.00 e. The molecule has 9 nitrogen and oxygen atoms in total. The molecule has 162 valence electrons. The second-order valence-corrected chi connectivity index (χ2v) is 7.89. The van der Waals surface area contributed by atoms with Crippen molar-refractivity contribution in [1.29, 1.82) is 5.26 Å². The molecule has 1 aromatic carbocycles. The van der Waals surface area contributed by atoms with Crippen molar-refractivity contribution >= 4 is 25.4 Å². The van der Waals surface area contributed by atoms with Crippen LogP contribution in [0.2, 0.25) is 0 Å². The Labute approximate surface area is 204 Å². The van der Waals surface area contributed by atoms with Crippen molar-refractivity contribution in [3.63, 3.8) is 0 Å². The molecule has 2 heterocycles. The average molecular weight is 458 g/mol. The monoisotopic (exact) mass is 458 g/mol. The molecule has 2 N–H and O–H groups in total. The van der Waals surface area contributed by atoms with E-state index in [1.54, 1.807) is 43.5 Å². The molecule has 31 heavy (non-hydrogen) atoms. The Bertz CT molecular complexity index is 1010. The van der Waals surface area contributed by atoms with E-state index in [1.807, 2.05) is 4.90 Å². The summed E-state index contributed by atoms with van der Waals surface area (Å²) in [5.41, 5.74) is 1.08. The van der Waals surface area contributed by atoms with Gasteiger partial charge < -0.3 is 30.0 Å². The molecule has 0 aliphatic carbocycles. The molecule has 1 saturated heterocycles. The second-order valence-electron chi connectivity index (χ2n) is 6.70. The van der Waals surface area contributed by atoms with E-state index in [0.717, 1.165) is 0 Å².